The van der Waals surface area contributed by atoms with Crippen LogP contribution in [-0.2, 0) is 4.74 Å². The lowest BCUT2D eigenvalue weighted by Crippen LogP contribution is -2.55. The summed E-state index contributed by atoms with van der Waals surface area (Å²) in [6, 6.07) is 0. The molecular formula is C26H36F10O. The first-order chi connectivity index (χ1) is 17.3. The molecule has 0 aromatic heterocycles. The Morgan fingerprint density at radius 1 is 0.514 bits per heavy atom. The van der Waals surface area contributed by atoms with Crippen LogP contribution in [0.4, 0.5) is 43.9 Å². The fourth-order valence-electron chi connectivity index (χ4n) is 7.77. The lowest BCUT2D eigenvalue weighted by molar-refractivity contribution is -0.360. The highest BCUT2D eigenvalue weighted by Crippen LogP contribution is 2.53. The minimum atomic E-state index is -5.34. The monoisotopic (exact) mass is 554 g/mol. The molecule has 6 atom stereocenters. The van der Waals surface area contributed by atoms with Gasteiger partial charge in [0, 0.05) is 5.92 Å². The predicted octanol–water partition coefficient (Wildman–Crippen LogP) is 8.65. The molecule has 4 fully saturated rings. The van der Waals surface area contributed by atoms with Crippen molar-refractivity contribution in [2.24, 2.45) is 35.5 Å². The van der Waals surface area contributed by atoms with Gasteiger partial charge in [-0.3, -0.25) is 4.74 Å². The van der Waals surface area contributed by atoms with Gasteiger partial charge in [-0.25, -0.2) is 30.7 Å². The summed E-state index contributed by atoms with van der Waals surface area (Å²) < 4.78 is 144. The average molecular weight is 555 g/mol. The Hall–Kier alpha value is -0.740. The first-order valence-electron chi connectivity index (χ1n) is 13.6. The van der Waals surface area contributed by atoms with Gasteiger partial charge < -0.3 is 0 Å². The summed E-state index contributed by atoms with van der Waals surface area (Å²) in [6.45, 7) is 0. The zero-order valence-corrected chi connectivity index (χ0v) is 20.6. The molecule has 0 N–H and O–H groups in total. The lowest BCUT2D eigenvalue weighted by atomic mass is 9.63. The van der Waals surface area contributed by atoms with Gasteiger partial charge in [-0.05, 0) is 94.3 Å². The molecule has 0 aromatic carbocycles. The summed E-state index contributed by atoms with van der Waals surface area (Å²) in [5.41, 5.74) is 0. The molecule has 4 saturated carbocycles. The molecule has 11 heteroatoms. The molecule has 0 bridgehead atoms. The van der Waals surface area contributed by atoms with Crippen LogP contribution >= 0.6 is 0 Å². The second-order valence-corrected chi connectivity index (χ2v) is 11.9. The smallest absolute Gasteiger partial charge is 0.282 e. The Morgan fingerprint density at radius 2 is 1.03 bits per heavy atom. The molecule has 0 spiro atoms. The van der Waals surface area contributed by atoms with E-state index in [9.17, 15) is 26.3 Å². The zero-order valence-electron chi connectivity index (χ0n) is 20.6. The SMILES string of the molecule is FC1CCCC(C2CCC(C3CC(F)C(C(F)(F)C4CC(F)C(OC(F)(F)F)C(F)C4)C(F)C3)CC2)C1. The average Bonchev–Trinajstić information content (AvgIpc) is 2.80. The lowest BCUT2D eigenvalue weighted by Gasteiger charge is -2.46. The predicted molar refractivity (Wildman–Crippen MR) is 117 cm³/mol. The molecule has 0 heterocycles. The molecule has 37 heavy (non-hydrogen) atoms. The Bertz CT molecular complexity index is 715. The van der Waals surface area contributed by atoms with Crippen molar-refractivity contribution in [2.75, 3.05) is 0 Å². The van der Waals surface area contributed by atoms with Gasteiger partial charge in [-0.1, -0.05) is 6.42 Å². The van der Waals surface area contributed by atoms with Crippen molar-refractivity contribution in [1.82, 2.24) is 0 Å². The third-order valence-corrected chi connectivity index (χ3v) is 9.63. The van der Waals surface area contributed by atoms with Crippen LogP contribution in [0.3, 0.4) is 0 Å². The van der Waals surface area contributed by atoms with E-state index in [0.717, 1.165) is 25.7 Å². The topological polar surface area (TPSA) is 9.23 Å². The summed E-state index contributed by atoms with van der Waals surface area (Å²) in [6.07, 6.45) is -15.4. The van der Waals surface area contributed by atoms with E-state index in [4.69, 9.17) is 0 Å². The minimum Gasteiger partial charge on any atom is -0.282 e. The van der Waals surface area contributed by atoms with Gasteiger partial charge in [0.25, 0.3) is 5.92 Å². The van der Waals surface area contributed by atoms with Crippen LogP contribution in [-0.4, -0.2) is 49.2 Å². The molecule has 1 nitrogen and oxygen atoms in total. The van der Waals surface area contributed by atoms with Crippen LogP contribution < -0.4 is 0 Å². The second-order valence-electron chi connectivity index (χ2n) is 11.9. The third-order valence-electron chi connectivity index (χ3n) is 9.63. The van der Waals surface area contributed by atoms with Gasteiger partial charge in [0.2, 0.25) is 0 Å². The molecule has 0 aromatic rings. The van der Waals surface area contributed by atoms with E-state index in [1.54, 1.807) is 0 Å². The van der Waals surface area contributed by atoms with Crippen LogP contribution in [0.2, 0.25) is 0 Å². The van der Waals surface area contributed by atoms with E-state index < -0.39 is 79.8 Å². The van der Waals surface area contributed by atoms with Crippen molar-refractivity contribution >= 4 is 0 Å². The number of hydrogen-bond acceptors (Lipinski definition) is 1. The quantitative estimate of drug-likeness (QED) is 0.309. The Morgan fingerprint density at radius 3 is 1.51 bits per heavy atom. The molecule has 216 valence electrons. The van der Waals surface area contributed by atoms with Crippen molar-refractivity contribution in [2.45, 2.75) is 126 Å². The van der Waals surface area contributed by atoms with Gasteiger partial charge in [-0.2, -0.15) is 0 Å². The Balaban J connectivity index is 1.33. The highest BCUT2D eigenvalue weighted by atomic mass is 19.4. The third kappa shape index (κ3) is 6.71. The van der Waals surface area contributed by atoms with Gasteiger partial charge in [0.15, 0.2) is 0 Å². The number of rotatable bonds is 5. The molecule has 0 radical (unpaired) electrons. The van der Waals surface area contributed by atoms with Gasteiger partial charge in [0.1, 0.15) is 37.0 Å². The van der Waals surface area contributed by atoms with Crippen molar-refractivity contribution in [1.29, 1.82) is 0 Å². The first kappa shape index (κ1) is 29.2. The highest BCUT2D eigenvalue weighted by Gasteiger charge is 2.60. The summed E-state index contributed by atoms with van der Waals surface area (Å²) in [7, 11) is 0. The Labute approximate surface area is 211 Å². The summed E-state index contributed by atoms with van der Waals surface area (Å²) >= 11 is 0. The van der Waals surface area contributed by atoms with Gasteiger partial charge in [-0.15, -0.1) is 13.2 Å². The van der Waals surface area contributed by atoms with E-state index in [2.05, 4.69) is 4.74 Å². The molecule has 6 unspecified atom stereocenters. The summed E-state index contributed by atoms with van der Waals surface area (Å²) in [5, 5.41) is 0. The maximum Gasteiger partial charge on any atom is 0.522 e. The van der Waals surface area contributed by atoms with E-state index in [1.807, 2.05) is 0 Å². The standard InChI is InChI=1S/C26H36F10O/c27-18-3-1-2-15(8-18)13-4-6-14(7-5-13)16-9-19(28)23(20(29)10-16)25(32,33)17-11-21(30)24(22(31)12-17)37-26(34,35)36/h13-24H,1-12H2. The van der Waals surface area contributed by atoms with Crippen LogP contribution in [0.15, 0.2) is 0 Å². The Kier molecular flexibility index (Phi) is 9.01. The van der Waals surface area contributed by atoms with E-state index in [1.165, 1.54) is 0 Å². The van der Waals surface area contributed by atoms with Crippen molar-refractivity contribution in [3.05, 3.63) is 0 Å². The fourth-order valence-corrected chi connectivity index (χ4v) is 7.77. The second kappa shape index (κ2) is 11.4. The minimum absolute atomic E-state index is 0.0208. The highest BCUT2D eigenvalue weighted by molar-refractivity contribution is 5.02. The van der Waals surface area contributed by atoms with Crippen molar-refractivity contribution < 1.29 is 48.6 Å². The molecule has 4 rings (SSSR count). The van der Waals surface area contributed by atoms with Gasteiger partial charge >= 0.3 is 6.36 Å². The molecule has 0 aliphatic heterocycles. The molecule has 4 aliphatic carbocycles. The van der Waals surface area contributed by atoms with Crippen LogP contribution in [0, 0.1) is 35.5 Å². The van der Waals surface area contributed by atoms with Gasteiger partial charge in [0.05, 0.1) is 5.92 Å². The molecule has 4 aliphatic rings. The molecule has 0 saturated heterocycles. The number of alkyl halides is 10. The number of hydrogen-bond donors (Lipinski definition) is 0. The summed E-state index contributed by atoms with van der Waals surface area (Å²) in [4.78, 5) is 0. The normalized spacial score (nSPS) is 46.5. The summed E-state index contributed by atoms with van der Waals surface area (Å²) in [5.74, 6) is -8.41. The van der Waals surface area contributed by atoms with Crippen LogP contribution in [0.5, 0.6) is 0 Å². The van der Waals surface area contributed by atoms with E-state index in [0.29, 0.717) is 37.5 Å². The van der Waals surface area contributed by atoms with Crippen molar-refractivity contribution in [3.63, 3.8) is 0 Å². The number of halogens is 10. The fraction of sp³-hybridized carbons (Fsp3) is 1.00. The maximum absolute atomic E-state index is 15.3. The van der Waals surface area contributed by atoms with Crippen LogP contribution in [0.1, 0.15) is 77.0 Å². The molecular weight excluding hydrogens is 518 g/mol. The molecule has 0 amide bonds. The first-order valence-corrected chi connectivity index (χ1v) is 13.6. The van der Waals surface area contributed by atoms with E-state index in [-0.39, 0.29) is 18.8 Å². The van der Waals surface area contributed by atoms with Crippen molar-refractivity contribution in [3.8, 4) is 0 Å². The number of ether oxygens (including phenoxy) is 1. The zero-order chi connectivity index (χ0) is 27.1. The van der Waals surface area contributed by atoms with E-state index >= 15 is 17.6 Å². The largest absolute Gasteiger partial charge is 0.522 e. The maximum atomic E-state index is 15.3. The van der Waals surface area contributed by atoms with Crippen LogP contribution in [0.25, 0.3) is 0 Å².